The summed E-state index contributed by atoms with van der Waals surface area (Å²) in [6.07, 6.45) is 1.65. The summed E-state index contributed by atoms with van der Waals surface area (Å²) in [6.45, 7) is 8.64. The smallest absolute Gasteiger partial charge is 0.269 e. The lowest BCUT2D eigenvalue weighted by Crippen LogP contribution is -2.18. The summed E-state index contributed by atoms with van der Waals surface area (Å²) >= 11 is 0. The SMILES string of the molecule is CCn1nc(C)c(C=NNC(=O)c2cc(C)nc3ccccc23)c1C. The molecule has 0 fully saturated rings. The second-order valence-corrected chi connectivity index (χ2v) is 5.93. The number of rotatable bonds is 4. The van der Waals surface area contributed by atoms with Crippen molar-refractivity contribution in [2.24, 2.45) is 5.10 Å². The molecule has 3 aromatic rings. The maximum atomic E-state index is 12.6. The quantitative estimate of drug-likeness (QED) is 0.588. The van der Waals surface area contributed by atoms with Crippen LogP contribution in [0.3, 0.4) is 0 Å². The van der Waals surface area contributed by atoms with Crippen molar-refractivity contribution in [2.75, 3.05) is 0 Å². The van der Waals surface area contributed by atoms with Gasteiger partial charge in [-0.3, -0.25) is 14.5 Å². The zero-order valence-electron chi connectivity index (χ0n) is 14.9. The molecule has 0 saturated heterocycles. The first-order valence-electron chi connectivity index (χ1n) is 8.25. The highest BCUT2D eigenvalue weighted by Gasteiger charge is 2.12. The predicted octanol–water partition coefficient (Wildman–Crippen LogP) is 3.14. The molecule has 1 aromatic carbocycles. The summed E-state index contributed by atoms with van der Waals surface area (Å²) < 4.78 is 1.91. The summed E-state index contributed by atoms with van der Waals surface area (Å²) in [5, 5.41) is 9.38. The molecule has 6 heteroatoms. The number of nitrogens with one attached hydrogen (secondary N) is 1. The maximum absolute atomic E-state index is 12.6. The highest BCUT2D eigenvalue weighted by Crippen LogP contribution is 2.18. The highest BCUT2D eigenvalue weighted by atomic mass is 16.2. The molecule has 0 saturated carbocycles. The number of hydrogen-bond donors (Lipinski definition) is 1. The monoisotopic (exact) mass is 335 g/mol. The average molecular weight is 335 g/mol. The third-order valence-corrected chi connectivity index (χ3v) is 4.19. The molecular weight excluding hydrogens is 314 g/mol. The Bertz CT molecular complexity index is 971. The Morgan fingerprint density at radius 1 is 1.28 bits per heavy atom. The molecule has 2 heterocycles. The van der Waals surface area contributed by atoms with Gasteiger partial charge in [-0.2, -0.15) is 10.2 Å². The number of fused-ring (bicyclic) bond motifs is 1. The van der Waals surface area contributed by atoms with Crippen LogP contribution < -0.4 is 5.43 Å². The molecular formula is C19H21N5O. The number of para-hydroxylation sites is 1. The second kappa shape index (κ2) is 6.84. The van der Waals surface area contributed by atoms with Gasteiger partial charge in [-0.15, -0.1) is 0 Å². The van der Waals surface area contributed by atoms with Gasteiger partial charge in [0.15, 0.2) is 0 Å². The van der Waals surface area contributed by atoms with E-state index in [0.29, 0.717) is 5.56 Å². The van der Waals surface area contributed by atoms with Gasteiger partial charge in [-0.05, 0) is 39.8 Å². The van der Waals surface area contributed by atoms with E-state index in [2.05, 4.69) is 20.6 Å². The van der Waals surface area contributed by atoms with Gasteiger partial charge in [0, 0.05) is 28.9 Å². The zero-order valence-corrected chi connectivity index (χ0v) is 14.9. The van der Waals surface area contributed by atoms with Crippen molar-refractivity contribution in [3.05, 3.63) is 58.5 Å². The third kappa shape index (κ3) is 3.28. The summed E-state index contributed by atoms with van der Waals surface area (Å²) in [6, 6.07) is 9.36. The summed E-state index contributed by atoms with van der Waals surface area (Å²) in [5.74, 6) is -0.254. The third-order valence-electron chi connectivity index (χ3n) is 4.19. The molecule has 0 atom stereocenters. The standard InChI is InChI=1S/C19H21N5O/c1-5-24-14(4)17(13(3)23-24)11-20-22-19(25)16-10-12(2)21-18-9-7-6-8-15(16)18/h6-11H,5H2,1-4H3,(H,22,25). The fourth-order valence-corrected chi connectivity index (χ4v) is 2.92. The number of pyridine rings is 1. The lowest BCUT2D eigenvalue weighted by atomic mass is 10.1. The average Bonchev–Trinajstić information content (AvgIpc) is 2.88. The molecule has 3 rings (SSSR count). The number of aryl methyl sites for hydroxylation is 3. The fraction of sp³-hybridized carbons (Fsp3) is 0.263. The van der Waals surface area contributed by atoms with E-state index in [9.17, 15) is 4.79 Å². The molecule has 0 aliphatic rings. The lowest BCUT2D eigenvalue weighted by molar-refractivity contribution is 0.0956. The zero-order chi connectivity index (χ0) is 18.0. The van der Waals surface area contributed by atoms with Crippen LogP contribution >= 0.6 is 0 Å². The molecule has 6 nitrogen and oxygen atoms in total. The fourth-order valence-electron chi connectivity index (χ4n) is 2.92. The molecule has 1 N–H and O–H groups in total. The van der Waals surface area contributed by atoms with Crippen molar-refractivity contribution in [2.45, 2.75) is 34.2 Å². The first kappa shape index (κ1) is 16.8. The maximum Gasteiger partial charge on any atom is 0.272 e. The molecule has 128 valence electrons. The van der Waals surface area contributed by atoms with Crippen LogP contribution in [0.2, 0.25) is 0 Å². The number of nitrogens with zero attached hydrogens (tertiary/aromatic N) is 4. The molecule has 1 amide bonds. The Morgan fingerprint density at radius 3 is 2.76 bits per heavy atom. The van der Waals surface area contributed by atoms with Crippen molar-refractivity contribution in [1.82, 2.24) is 20.2 Å². The van der Waals surface area contributed by atoms with Gasteiger partial charge in [-0.25, -0.2) is 5.43 Å². The Hall–Kier alpha value is -3.02. The molecule has 25 heavy (non-hydrogen) atoms. The number of hydrogen-bond acceptors (Lipinski definition) is 4. The molecule has 0 unspecified atom stereocenters. The molecule has 0 aliphatic heterocycles. The largest absolute Gasteiger partial charge is 0.272 e. The summed E-state index contributed by atoms with van der Waals surface area (Å²) in [7, 11) is 0. The van der Waals surface area contributed by atoms with Crippen LogP contribution in [0.4, 0.5) is 0 Å². The second-order valence-electron chi connectivity index (χ2n) is 5.93. The molecule has 2 aromatic heterocycles. The van der Waals surface area contributed by atoms with Crippen molar-refractivity contribution >= 4 is 23.0 Å². The van der Waals surface area contributed by atoms with E-state index in [4.69, 9.17) is 0 Å². The highest BCUT2D eigenvalue weighted by molar-refractivity contribution is 6.06. The Labute approximate surface area is 146 Å². The lowest BCUT2D eigenvalue weighted by Gasteiger charge is -2.06. The minimum absolute atomic E-state index is 0.254. The number of carbonyl (C=O) groups excluding carboxylic acids is 1. The first-order valence-corrected chi connectivity index (χ1v) is 8.25. The van der Waals surface area contributed by atoms with Crippen molar-refractivity contribution in [3.8, 4) is 0 Å². The van der Waals surface area contributed by atoms with Gasteiger partial charge in [0.05, 0.1) is 23.0 Å². The number of carbonyl (C=O) groups is 1. The number of amides is 1. The van der Waals surface area contributed by atoms with Gasteiger partial charge in [0.25, 0.3) is 5.91 Å². The summed E-state index contributed by atoms with van der Waals surface area (Å²) in [4.78, 5) is 17.0. The van der Waals surface area contributed by atoms with Crippen LogP contribution in [0.1, 0.15) is 39.9 Å². The minimum Gasteiger partial charge on any atom is -0.269 e. The van der Waals surface area contributed by atoms with Crippen LogP contribution in [-0.2, 0) is 6.54 Å². The van der Waals surface area contributed by atoms with Gasteiger partial charge >= 0.3 is 0 Å². The Kier molecular flexibility index (Phi) is 4.61. The van der Waals surface area contributed by atoms with Crippen LogP contribution in [0, 0.1) is 20.8 Å². The topological polar surface area (TPSA) is 72.2 Å². The molecule has 0 bridgehead atoms. The van der Waals surface area contributed by atoms with Crippen molar-refractivity contribution in [1.29, 1.82) is 0 Å². The van der Waals surface area contributed by atoms with Gasteiger partial charge in [0.1, 0.15) is 0 Å². The minimum atomic E-state index is -0.254. The number of aromatic nitrogens is 3. The first-order chi connectivity index (χ1) is 12.0. The Balaban J connectivity index is 1.85. The molecule has 0 radical (unpaired) electrons. The van der Waals surface area contributed by atoms with Gasteiger partial charge < -0.3 is 0 Å². The van der Waals surface area contributed by atoms with Gasteiger partial charge in [0.2, 0.25) is 0 Å². The van der Waals surface area contributed by atoms with E-state index in [-0.39, 0.29) is 5.91 Å². The Morgan fingerprint density at radius 2 is 2.04 bits per heavy atom. The molecule has 0 spiro atoms. The van der Waals surface area contributed by atoms with E-state index in [1.165, 1.54) is 0 Å². The molecule has 0 aliphatic carbocycles. The van der Waals surface area contributed by atoms with E-state index in [1.807, 2.05) is 56.6 Å². The van der Waals surface area contributed by atoms with Crippen molar-refractivity contribution < 1.29 is 4.79 Å². The normalized spacial score (nSPS) is 11.4. The summed E-state index contributed by atoms with van der Waals surface area (Å²) in [5.41, 5.74) is 7.63. The van der Waals surface area contributed by atoms with Gasteiger partial charge in [-0.1, -0.05) is 18.2 Å². The number of benzene rings is 1. The predicted molar refractivity (Wildman–Crippen MR) is 98.9 cm³/mol. The van der Waals surface area contributed by atoms with E-state index < -0.39 is 0 Å². The van der Waals surface area contributed by atoms with E-state index >= 15 is 0 Å². The van der Waals surface area contributed by atoms with Crippen LogP contribution in [0.15, 0.2) is 35.4 Å². The van der Waals surface area contributed by atoms with Crippen LogP contribution in [0.25, 0.3) is 10.9 Å². The van der Waals surface area contributed by atoms with E-state index in [1.54, 1.807) is 12.3 Å². The van der Waals surface area contributed by atoms with Crippen LogP contribution in [-0.4, -0.2) is 26.9 Å². The number of hydrazone groups is 1. The van der Waals surface area contributed by atoms with Crippen LogP contribution in [0.5, 0.6) is 0 Å². The van der Waals surface area contributed by atoms with E-state index in [0.717, 1.165) is 40.1 Å². The van der Waals surface area contributed by atoms with Crippen molar-refractivity contribution in [3.63, 3.8) is 0 Å².